The third-order valence-electron chi connectivity index (χ3n) is 3.32. The van der Waals surface area contributed by atoms with E-state index in [2.05, 4.69) is 5.32 Å². The van der Waals surface area contributed by atoms with Crippen LogP contribution in [0.4, 0.5) is 4.39 Å². The van der Waals surface area contributed by atoms with Gasteiger partial charge in [0, 0.05) is 13.1 Å². The summed E-state index contributed by atoms with van der Waals surface area (Å²) in [5.41, 5.74) is 0. The van der Waals surface area contributed by atoms with Gasteiger partial charge in [0.15, 0.2) is 11.6 Å². The van der Waals surface area contributed by atoms with Crippen molar-refractivity contribution in [2.75, 3.05) is 26.2 Å². The van der Waals surface area contributed by atoms with Crippen molar-refractivity contribution >= 4 is 11.8 Å². The van der Waals surface area contributed by atoms with E-state index in [1.54, 1.807) is 17.0 Å². The molecule has 0 aromatic heterocycles. The fourth-order valence-corrected chi connectivity index (χ4v) is 2.16. The molecular formula is C15H19FN2O3. The van der Waals surface area contributed by atoms with Gasteiger partial charge in [0.2, 0.25) is 11.8 Å². The second kappa shape index (κ2) is 7.61. The van der Waals surface area contributed by atoms with Crippen molar-refractivity contribution in [1.82, 2.24) is 10.2 Å². The Kier molecular flexibility index (Phi) is 5.54. The molecule has 1 heterocycles. The van der Waals surface area contributed by atoms with Crippen molar-refractivity contribution in [3.63, 3.8) is 0 Å². The summed E-state index contributed by atoms with van der Waals surface area (Å²) in [7, 11) is 0. The zero-order chi connectivity index (χ0) is 15.1. The molecule has 0 saturated carbocycles. The van der Waals surface area contributed by atoms with Crippen molar-refractivity contribution in [2.24, 2.45) is 0 Å². The lowest BCUT2D eigenvalue weighted by Gasteiger charge is -2.15. The van der Waals surface area contributed by atoms with E-state index in [9.17, 15) is 14.0 Å². The number of para-hydroxylation sites is 1. The van der Waals surface area contributed by atoms with E-state index in [0.717, 1.165) is 25.9 Å². The molecule has 0 spiro atoms. The van der Waals surface area contributed by atoms with Crippen molar-refractivity contribution in [3.05, 3.63) is 30.1 Å². The molecule has 2 amide bonds. The molecule has 6 heteroatoms. The molecular weight excluding hydrogens is 275 g/mol. The molecule has 0 unspecified atom stereocenters. The summed E-state index contributed by atoms with van der Waals surface area (Å²) >= 11 is 0. The molecule has 5 nitrogen and oxygen atoms in total. The molecule has 0 atom stereocenters. The van der Waals surface area contributed by atoms with Crippen LogP contribution >= 0.6 is 0 Å². The zero-order valence-corrected chi connectivity index (χ0v) is 11.8. The van der Waals surface area contributed by atoms with Crippen LogP contribution in [0.3, 0.4) is 0 Å². The molecule has 1 fully saturated rings. The lowest BCUT2D eigenvalue weighted by Crippen LogP contribution is -2.38. The van der Waals surface area contributed by atoms with Gasteiger partial charge in [-0.1, -0.05) is 12.1 Å². The number of carbonyl (C=O) groups is 2. The number of hydrogen-bond acceptors (Lipinski definition) is 3. The van der Waals surface area contributed by atoms with Crippen LogP contribution in [-0.2, 0) is 9.59 Å². The molecule has 114 valence electrons. The Balaban J connectivity index is 1.63. The van der Waals surface area contributed by atoms with E-state index in [0.29, 0.717) is 0 Å². The highest BCUT2D eigenvalue weighted by molar-refractivity contribution is 5.84. The average Bonchev–Trinajstić information content (AvgIpc) is 3.01. The topological polar surface area (TPSA) is 58.6 Å². The number of amides is 2. The molecule has 21 heavy (non-hydrogen) atoms. The summed E-state index contributed by atoms with van der Waals surface area (Å²) in [5.74, 6) is -0.671. The molecule has 1 N–H and O–H groups in total. The maximum Gasteiger partial charge on any atom is 0.241 e. The van der Waals surface area contributed by atoms with Crippen LogP contribution in [0.1, 0.15) is 19.3 Å². The van der Waals surface area contributed by atoms with Gasteiger partial charge in [-0.2, -0.15) is 0 Å². The number of halogens is 1. The maximum atomic E-state index is 13.3. The number of likely N-dealkylation sites (tertiary alicyclic amines) is 1. The first-order chi connectivity index (χ1) is 10.2. The van der Waals surface area contributed by atoms with Gasteiger partial charge in [-0.15, -0.1) is 0 Å². The largest absolute Gasteiger partial charge is 0.490 e. The van der Waals surface area contributed by atoms with Crippen LogP contribution in [0.25, 0.3) is 0 Å². The number of ether oxygens (including phenoxy) is 1. The number of nitrogens with one attached hydrogen (secondary N) is 1. The minimum Gasteiger partial charge on any atom is -0.490 e. The summed E-state index contributed by atoms with van der Waals surface area (Å²) in [6.07, 6.45) is 2.13. The Labute approximate surface area is 123 Å². The predicted molar refractivity (Wildman–Crippen MR) is 75.3 cm³/mol. The lowest BCUT2D eigenvalue weighted by molar-refractivity contribution is -0.132. The quantitative estimate of drug-likeness (QED) is 0.861. The van der Waals surface area contributed by atoms with Crippen LogP contribution in [0, 0.1) is 5.82 Å². The van der Waals surface area contributed by atoms with Crippen molar-refractivity contribution in [2.45, 2.75) is 19.3 Å². The van der Waals surface area contributed by atoms with E-state index < -0.39 is 5.82 Å². The predicted octanol–water partition coefficient (Wildman–Crippen LogP) is 1.33. The molecule has 0 bridgehead atoms. The first-order valence-corrected chi connectivity index (χ1v) is 7.08. The first-order valence-electron chi connectivity index (χ1n) is 7.08. The van der Waals surface area contributed by atoms with E-state index >= 15 is 0 Å². The lowest BCUT2D eigenvalue weighted by atomic mass is 10.3. The number of benzene rings is 1. The SMILES string of the molecule is O=C(CCOc1ccccc1F)NCC(=O)N1CCCC1. The molecule has 0 radical (unpaired) electrons. The van der Waals surface area contributed by atoms with Crippen molar-refractivity contribution < 1.29 is 18.7 Å². The van der Waals surface area contributed by atoms with Crippen LogP contribution in [0.2, 0.25) is 0 Å². The van der Waals surface area contributed by atoms with E-state index in [-0.39, 0.29) is 37.1 Å². The summed E-state index contributed by atoms with van der Waals surface area (Å²) in [6.45, 7) is 1.62. The van der Waals surface area contributed by atoms with Gasteiger partial charge in [-0.3, -0.25) is 9.59 Å². The van der Waals surface area contributed by atoms with Crippen LogP contribution < -0.4 is 10.1 Å². The van der Waals surface area contributed by atoms with Gasteiger partial charge in [-0.05, 0) is 25.0 Å². The number of rotatable bonds is 6. The Morgan fingerprint density at radius 3 is 2.67 bits per heavy atom. The van der Waals surface area contributed by atoms with E-state index in [4.69, 9.17) is 4.74 Å². The number of hydrogen-bond donors (Lipinski definition) is 1. The molecule has 1 aromatic carbocycles. The molecule has 1 aliphatic heterocycles. The third kappa shape index (κ3) is 4.73. The van der Waals surface area contributed by atoms with Crippen LogP contribution in [0.15, 0.2) is 24.3 Å². The zero-order valence-electron chi connectivity index (χ0n) is 11.8. The Bertz CT molecular complexity index is 501. The van der Waals surface area contributed by atoms with E-state index in [1.807, 2.05) is 0 Å². The number of carbonyl (C=O) groups excluding carboxylic acids is 2. The molecule has 0 aliphatic carbocycles. The summed E-state index contributed by atoms with van der Waals surface area (Å²) < 4.78 is 18.4. The maximum absolute atomic E-state index is 13.3. The standard InChI is InChI=1S/C15H19FN2O3/c16-12-5-1-2-6-13(12)21-10-7-14(19)17-11-15(20)18-8-3-4-9-18/h1-2,5-6H,3-4,7-11H2,(H,17,19). The van der Waals surface area contributed by atoms with Gasteiger partial charge < -0.3 is 15.0 Å². The summed E-state index contributed by atoms with van der Waals surface area (Å²) in [4.78, 5) is 25.0. The average molecular weight is 294 g/mol. The monoisotopic (exact) mass is 294 g/mol. The molecule has 1 aliphatic rings. The second-order valence-electron chi connectivity index (χ2n) is 4.89. The fourth-order valence-electron chi connectivity index (χ4n) is 2.16. The summed E-state index contributed by atoms with van der Waals surface area (Å²) in [6, 6.07) is 6.03. The number of nitrogens with zero attached hydrogens (tertiary/aromatic N) is 1. The van der Waals surface area contributed by atoms with Gasteiger partial charge in [-0.25, -0.2) is 4.39 Å². The Hall–Kier alpha value is -2.11. The van der Waals surface area contributed by atoms with Crippen molar-refractivity contribution in [3.8, 4) is 5.75 Å². The van der Waals surface area contributed by atoms with Crippen LogP contribution in [0.5, 0.6) is 5.75 Å². The highest BCUT2D eigenvalue weighted by atomic mass is 19.1. The fraction of sp³-hybridized carbons (Fsp3) is 0.467. The molecule has 1 saturated heterocycles. The normalized spacial score (nSPS) is 14.0. The van der Waals surface area contributed by atoms with E-state index in [1.165, 1.54) is 12.1 Å². The molecule has 2 rings (SSSR count). The van der Waals surface area contributed by atoms with Gasteiger partial charge >= 0.3 is 0 Å². The second-order valence-corrected chi connectivity index (χ2v) is 4.89. The smallest absolute Gasteiger partial charge is 0.241 e. The Morgan fingerprint density at radius 2 is 1.95 bits per heavy atom. The minimum atomic E-state index is -0.456. The third-order valence-corrected chi connectivity index (χ3v) is 3.32. The molecule has 1 aromatic rings. The summed E-state index contributed by atoms with van der Waals surface area (Å²) in [5, 5.41) is 2.56. The van der Waals surface area contributed by atoms with Gasteiger partial charge in [0.1, 0.15) is 0 Å². The van der Waals surface area contributed by atoms with Gasteiger partial charge in [0.25, 0.3) is 0 Å². The first kappa shape index (κ1) is 15.3. The van der Waals surface area contributed by atoms with Crippen LogP contribution in [-0.4, -0.2) is 43.0 Å². The minimum absolute atomic E-state index is 0.0124. The van der Waals surface area contributed by atoms with Gasteiger partial charge in [0.05, 0.1) is 19.6 Å². The Morgan fingerprint density at radius 1 is 1.24 bits per heavy atom. The highest BCUT2D eigenvalue weighted by Gasteiger charge is 2.18. The van der Waals surface area contributed by atoms with Crippen molar-refractivity contribution in [1.29, 1.82) is 0 Å². The highest BCUT2D eigenvalue weighted by Crippen LogP contribution is 2.15.